The third-order valence-corrected chi connectivity index (χ3v) is 2.15. The summed E-state index contributed by atoms with van der Waals surface area (Å²) in [5, 5.41) is 10.5. The molecule has 0 spiro atoms. The highest BCUT2D eigenvalue weighted by Gasteiger charge is 2.29. The number of hydrogen-bond donors (Lipinski definition) is 2. The van der Waals surface area contributed by atoms with Crippen LogP contribution in [0, 0.1) is 0 Å². The van der Waals surface area contributed by atoms with Gasteiger partial charge in [0.1, 0.15) is 0 Å². The molecule has 0 aliphatic carbocycles. The van der Waals surface area contributed by atoms with E-state index >= 15 is 0 Å². The van der Waals surface area contributed by atoms with Crippen molar-refractivity contribution in [2.24, 2.45) is 0 Å². The topological polar surface area (TPSA) is 75.6 Å². The Balaban J connectivity index is 3.85. The van der Waals surface area contributed by atoms with E-state index in [2.05, 4.69) is 4.74 Å². The Bertz CT molecular complexity index is 259. The molecule has 1 atom stereocenters. The zero-order valence-electron chi connectivity index (χ0n) is 8.21. The highest BCUT2D eigenvalue weighted by atomic mass is 32.2. The van der Waals surface area contributed by atoms with Gasteiger partial charge in [-0.15, -0.1) is 0 Å². The number of carbonyl (C=O) groups excluding carboxylic acids is 1. The molecule has 0 radical (unpaired) electrons. The standard InChI is InChI=1S/C7H10F3NO4S/c1-15-4(6(13)14)2-11-5(12)3-16-7(8,9)10/h4H,2-3H2,1H3,(H,11,12)(H,13,14). The lowest BCUT2D eigenvalue weighted by Gasteiger charge is -2.11. The number of aliphatic carboxylic acids is 1. The average Bonchev–Trinajstić information content (AvgIpc) is 2.14. The molecule has 0 aromatic rings. The summed E-state index contributed by atoms with van der Waals surface area (Å²) in [6.45, 7) is -0.372. The zero-order valence-corrected chi connectivity index (χ0v) is 9.02. The molecule has 0 aliphatic heterocycles. The van der Waals surface area contributed by atoms with Crippen LogP contribution in [0.1, 0.15) is 0 Å². The molecule has 9 heteroatoms. The van der Waals surface area contributed by atoms with Gasteiger partial charge in [-0.2, -0.15) is 13.2 Å². The smallest absolute Gasteiger partial charge is 0.442 e. The minimum atomic E-state index is -4.48. The van der Waals surface area contributed by atoms with Crippen LogP contribution in [0.3, 0.4) is 0 Å². The molecule has 0 heterocycles. The van der Waals surface area contributed by atoms with Crippen LogP contribution in [0.2, 0.25) is 0 Å². The number of nitrogens with one attached hydrogen (secondary N) is 1. The highest BCUT2D eigenvalue weighted by molar-refractivity contribution is 8.00. The lowest BCUT2D eigenvalue weighted by Crippen LogP contribution is -2.38. The predicted molar refractivity (Wildman–Crippen MR) is 50.0 cm³/mol. The number of carboxylic acid groups (broad SMARTS) is 1. The molecule has 2 N–H and O–H groups in total. The second-order valence-electron chi connectivity index (χ2n) is 2.60. The average molecular weight is 261 g/mol. The van der Waals surface area contributed by atoms with E-state index in [1.165, 1.54) is 0 Å². The molecule has 0 rings (SSSR count). The van der Waals surface area contributed by atoms with Gasteiger partial charge in [0.25, 0.3) is 0 Å². The third-order valence-electron chi connectivity index (χ3n) is 1.41. The van der Waals surface area contributed by atoms with Crippen molar-refractivity contribution in [3.63, 3.8) is 0 Å². The predicted octanol–water partition coefficient (Wildman–Crippen LogP) is 0.455. The maximum Gasteiger partial charge on any atom is 0.442 e. The first-order valence-corrected chi connectivity index (χ1v) is 4.98. The second kappa shape index (κ2) is 6.59. The van der Waals surface area contributed by atoms with E-state index in [4.69, 9.17) is 5.11 Å². The van der Waals surface area contributed by atoms with Crippen molar-refractivity contribution in [3.8, 4) is 0 Å². The summed E-state index contributed by atoms with van der Waals surface area (Å²) in [6.07, 6.45) is -1.26. The fourth-order valence-corrected chi connectivity index (χ4v) is 1.07. The normalized spacial score (nSPS) is 13.2. The van der Waals surface area contributed by atoms with E-state index in [0.717, 1.165) is 7.11 Å². The first-order chi connectivity index (χ1) is 7.26. The van der Waals surface area contributed by atoms with Gasteiger partial charge in [0, 0.05) is 7.11 Å². The summed E-state index contributed by atoms with van der Waals surface area (Å²) >= 11 is -0.491. The number of ether oxygens (including phenoxy) is 1. The van der Waals surface area contributed by atoms with Gasteiger partial charge in [0.05, 0.1) is 12.3 Å². The molecule has 0 aromatic carbocycles. The van der Waals surface area contributed by atoms with E-state index in [1.54, 1.807) is 0 Å². The number of carboxylic acids is 1. The van der Waals surface area contributed by atoms with Gasteiger partial charge in [0.15, 0.2) is 6.10 Å². The van der Waals surface area contributed by atoms with Crippen molar-refractivity contribution in [2.45, 2.75) is 11.6 Å². The number of amides is 1. The van der Waals surface area contributed by atoms with Crippen molar-refractivity contribution in [3.05, 3.63) is 0 Å². The Morgan fingerprint density at radius 2 is 2.06 bits per heavy atom. The number of thioether (sulfide) groups is 1. The number of carbonyl (C=O) groups is 2. The van der Waals surface area contributed by atoms with Gasteiger partial charge in [0.2, 0.25) is 5.91 Å². The zero-order chi connectivity index (χ0) is 12.8. The molecule has 94 valence electrons. The van der Waals surface area contributed by atoms with Crippen molar-refractivity contribution in [2.75, 3.05) is 19.4 Å². The fraction of sp³-hybridized carbons (Fsp3) is 0.714. The summed E-state index contributed by atoms with van der Waals surface area (Å²) in [6, 6.07) is 0. The molecule has 1 amide bonds. The summed E-state index contributed by atoms with van der Waals surface area (Å²) in [5.41, 5.74) is -4.48. The molecule has 0 aromatic heterocycles. The van der Waals surface area contributed by atoms with Crippen LogP contribution >= 0.6 is 11.8 Å². The minimum absolute atomic E-state index is 0.372. The van der Waals surface area contributed by atoms with Crippen LogP contribution in [0.15, 0.2) is 0 Å². The molecular formula is C7H10F3NO4S. The summed E-state index contributed by atoms with van der Waals surface area (Å²) in [4.78, 5) is 21.3. The Kier molecular flexibility index (Phi) is 6.19. The molecule has 0 fully saturated rings. The number of hydrogen-bond acceptors (Lipinski definition) is 4. The molecule has 0 saturated heterocycles. The van der Waals surface area contributed by atoms with E-state index in [1.807, 2.05) is 5.32 Å². The molecule has 0 saturated carbocycles. The van der Waals surface area contributed by atoms with E-state index in [0.29, 0.717) is 0 Å². The quantitative estimate of drug-likeness (QED) is 0.726. The maximum atomic E-state index is 11.7. The number of methoxy groups -OCH3 is 1. The van der Waals surface area contributed by atoms with Crippen molar-refractivity contribution in [1.29, 1.82) is 0 Å². The van der Waals surface area contributed by atoms with E-state index < -0.39 is 41.0 Å². The largest absolute Gasteiger partial charge is 0.479 e. The number of rotatable bonds is 6. The van der Waals surface area contributed by atoms with Gasteiger partial charge < -0.3 is 15.2 Å². The lowest BCUT2D eigenvalue weighted by atomic mass is 10.3. The minimum Gasteiger partial charge on any atom is -0.479 e. The summed E-state index contributed by atoms with van der Waals surface area (Å²) < 4.78 is 39.5. The van der Waals surface area contributed by atoms with Crippen molar-refractivity contribution < 1.29 is 32.6 Å². The fourth-order valence-electron chi connectivity index (χ4n) is 0.676. The van der Waals surface area contributed by atoms with Crippen LogP contribution < -0.4 is 5.32 Å². The maximum absolute atomic E-state index is 11.7. The molecule has 1 unspecified atom stereocenters. The van der Waals surface area contributed by atoms with Crippen LogP contribution in [-0.2, 0) is 14.3 Å². The van der Waals surface area contributed by atoms with E-state index in [9.17, 15) is 22.8 Å². The Morgan fingerprint density at radius 3 is 2.44 bits per heavy atom. The van der Waals surface area contributed by atoms with Crippen molar-refractivity contribution >= 4 is 23.6 Å². The SMILES string of the molecule is COC(CNC(=O)CSC(F)(F)F)C(=O)O. The number of halogens is 3. The van der Waals surface area contributed by atoms with E-state index in [-0.39, 0.29) is 6.54 Å². The summed E-state index contributed by atoms with van der Waals surface area (Å²) in [7, 11) is 1.12. The Hall–Kier alpha value is -0.960. The van der Waals surface area contributed by atoms with Crippen LogP contribution in [-0.4, -0.2) is 48.0 Å². The van der Waals surface area contributed by atoms with Crippen molar-refractivity contribution in [1.82, 2.24) is 5.32 Å². The molecular weight excluding hydrogens is 251 g/mol. The molecule has 16 heavy (non-hydrogen) atoms. The monoisotopic (exact) mass is 261 g/mol. The Labute approximate surface area is 93.3 Å². The van der Waals surface area contributed by atoms with Gasteiger partial charge in [-0.05, 0) is 11.8 Å². The highest BCUT2D eigenvalue weighted by Crippen LogP contribution is 2.29. The Morgan fingerprint density at radius 1 is 1.50 bits per heavy atom. The second-order valence-corrected chi connectivity index (χ2v) is 3.64. The lowest BCUT2D eigenvalue weighted by molar-refractivity contribution is -0.148. The number of alkyl halides is 3. The molecule has 0 aliphatic rings. The third kappa shape index (κ3) is 7.35. The molecule has 0 bridgehead atoms. The first-order valence-electron chi connectivity index (χ1n) is 3.99. The summed E-state index contributed by atoms with van der Waals surface area (Å²) in [5.74, 6) is -3.00. The van der Waals surface area contributed by atoms with Gasteiger partial charge in [-0.3, -0.25) is 4.79 Å². The van der Waals surface area contributed by atoms with Gasteiger partial charge in [-0.1, -0.05) is 0 Å². The first kappa shape index (κ1) is 15.0. The van der Waals surface area contributed by atoms with Gasteiger partial charge >= 0.3 is 11.5 Å². The van der Waals surface area contributed by atoms with Gasteiger partial charge in [-0.25, -0.2) is 4.79 Å². The molecule has 5 nitrogen and oxygen atoms in total. The van der Waals surface area contributed by atoms with Crippen LogP contribution in [0.4, 0.5) is 13.2 Å². The van der Waals surface area contributed by atoms with Crippen LogP contribution in [0.25, 0.3) is 0 Å². The van der Waals surface area contributed by atoms with Crippen LogP contribution in [0.5, 0.6) is 0 Å².